The summed E-state index contributed by atoms with van der Waals surface area (Å²) >= 11 is 0. The number of halogens is 3. The zero-order chi connectivity index (χ0) is 26.6. The summed E-state index contributed by atoms with van der Waals surface area (Å²) in [5.74, 6) is -0.0440. The number of ether oxygens (including phenoxy) is 2. The van der Waals surface area contributed by atoms with E-state index in [1.54, 1.807) is 27.0 Å². The number of carbonyl (C=O) groups is 1. The molecule has 8 nitrogen and oxygen atoms in total. The van der Waals surface area contributed by atoms with Gasteiger partial charge in [0.15, 0.2) is 0 Å². The van der Waals surface area contributed by atoms with Crippen LogP contribution in [0, 0.1) is 5.41 Å². The highest BCUT2D eigenvalue weighted by Gasteiger charge is 2.59. The van der Waals surface area contributed by atoms with Crippen LogP contribution >= 0.6 is 0 Å². The Morgan fingerprint density at radius 1 is 1.27 bits per heavy atom. The van der Waals surface area contributed by atoms with E-state index in [9.17, 15) is 23.1 Å². The number of amides is 1. The highest BCUT2D eigenvalue weighted by Crippen LogP contribution is 2.50. The summed E-state index contributed by atoms with van der Waals surface area (Å²) in [4.78, 5) is 21.4. The van der Waals surface area contributed by atoms with Crippen molar-refractivity contribution in [3.63, 3.8) is 0 Å². The maximum atomic E-state index is 14.1. The van der Waals surface area contributed by atoms with Gasteiger partial charge in [-0.25, -0.2) is 0 Å². The van der Waals surface area contributed by atoms with E-state index >= 15 is 0 Å². The normalized spacial score (nSPS) is 34.4. The molecule has 206 valence electrons. The quantitative estimate of drug-likeness (QED) is 0.589. The van der Waals surface area contributed by atoms with Gasteiger partial charge in [0.2, 0.25) is 5.91 Å². The number of hydrogen-bond donors (Lipinski definition) is 2. The Balaban J connectivity index is 1.29. The smallest absolute Gasteiger partial charge is 0.389 e. The van der Waals surface area contributed by atoms with Crippen molar-refractivity contribution in [1.29, 1.82) is 0 Å². The Bertz CT molecular complexity index is 1000. The highest BCUT2D eigenvalue weighted by atomic mass is 19.4. The summed E-state index contributed by atoms with van der Waals surface area (Å²) in [5.41, 5.74) is -2.57. The van der Waals surface area contributed by atoms with Gasteiger partial charge in [0, 0.05) is 56.8 Å². The number of hydrogen-bond acceptors (Lipinski definition) is 7. The van der Waals surface area contributed by atoms with Crippen LogP contribution in [0.1, 0.15) is 51.6 Å². The van der Waals surface area contributed by atoms with Crippen molar-refractivity contribution in [2.45, 2.75) is 88.0 Å². The van der Waals surface area contributed by atoms with Gasteiger partial charge in [0.1, 0.15) is 5.69 Å². The average molecular weight is 527 g/mol. The second kappa shape index (κ2) is 9.66. The van der Waals surface area contributed by atoms with Crippen molar-refractivity contribution in [3.8, 4) is 0 Å². The Kier molecular flexibility index (Phi) is 6.96. The number of anilines is 1. The topological polar surface area (TPSA) is 87.2 Å². The van der Waals surface area contributed by atoms with Gasteiger partial charge in [0.25, 0.3) is 0 Å². The van der Waals surface area contributed by atoms with Crippen LogP contribution in [0.3, 0.4) is 0 Å². The number of pyridine rings is 1. The minimum Gasteiger partial charge on any atom is -0.389 e. The van der Waals surface area contributed by atoms with Crippen molar-refractivity contribution < 1.29 is 32.5 Å². The van der Waals surface area contributed by atoms with Crippen LogP contribution in [0.15, 0.2) is 18.3 Å². The second-order valence-corrected chi connectivity index (χ2v) is 11.5. The van der Waals surface area contributed by atoms with Gasteiger partial charge >= 0.3 is 6.18 Å². The van der Waals surface area contributed by atoms with Crippen LogP contribution in [0.25, 0.3) is 0 Å². The molecular weight excluding hydrogens is 489 g/mol. The van der Waals surface area contributed by atoms with Gasteiger partial charge in [0.05, 0.1) is 29.8 Å². The number of aromatic nitrogens is 1. The van der Waals surface area contributed by atoms with Crippen LogP contribution in [0.2, 0.25) is 0 Å². The Labute approximate surface area is 215 Å². The fourth-order valence-electron chi connectivity index (χ4n) is 6.90. The van der Waals surface area contributed by atoms with Crippen molar-refractivity contribution in [3.05, 3.63) is 24.0 Å². The molecule has 4 fully saturated rings. The van der Waals surface area contributed by atoms with Gasteiger partial charge in [-0.05, 0) is 58.1 Å². The molecule has 6 unspecified atom stereocenters. The van der Waals surface area contributed by atoms with E-state index in [4.69, 9.17) is 9.47 Å². The fourth-order valence-corrected chi connectivity index (χ4v) is 6.90. The third kappa shape index (κ3) is 4.84. The maximum absolute atomic E-state index is 14.1. The molecular formula is C26H37F3N4O4. The average Bonchev–Trinajstić information content (AvgIpc) is 3.58. The van der Waals surface area contributed by atoms with Crippen LogP contribution in [0.4, 0.5) is 18.9 Å². The summed E-state index contributed by atoms with van der Waals surface area (Å²) < 4.78 is 50.7. The molecule has 2 bridgehead atoms. The molecule has 1 aromatic heterocycles. The predicted molar refractivity (Wildman–Crippen MR) is 130 cm³/mol. The van der Waals surface area contributed by atoms with Crippen molar-refractivity contribution in [1.82, 2.24) is 15.2 Å². The number of methoxy groups -OCH3 is 1. The molecule has 1 aromatic rings. The molecule has 4 aliphatic rings. The summed E-state index contributed by atoms with van der Waals surface area (Å²) in [6.07, 6.45) is 0.0459. The predicted octanol–water partition coefficient (Wildman–Crippen LogP) is 2.59. The number of nitrogens with zero attached hydrogens (tertiary/aromatic N) is 3. The number of fused-ring (bicyclic) bond motifs is 2. The van der Waals surface area contributed by atoms with Crippen molar-refractivity contribution in [2.24, 2.45) is 5.41 Å². The van der Waals surface area contributed by atoms with Gasteiger partial charge in [-0.1, -0.05) is 0 Å². The van der Waals surface area contributed by atoms with E-state index < -0.39 is 22.9 Å². The standard InChI is InChI=1S/C26H37F3N4O4/c1-24(2,35)25(7-4-16(12-25)31-20-6-9-37-15-21(20)36-3)23(34)33-14-18-10-19(33)13-32(18)17-5-8-30-22(11-17)26(27,28)29/h5,8,11,16,18-21,31,35H,4,6-7,9-10,12-15H2,1-3H3. The molecule has 3 saturated heterocycles. The van der Waals surface area contributed by atoms with Gasteiger partial charge in [-0.15, -0.1) is 0 Å². The van der Waals surface area contributed by atoms with E-state index in [2.05, 4.69) is 10.3 Å². The molecule has 1 saturated carbocycles. The van der Waals surface area contributed by atoms with E-state index in [0.717, 1.165) is 18.9 Å². The largest absolute Gasteiger partial charge is 0.433 e. The van der Waals surface area contributed by atoms with Gasteiger partial charge in [-0.3, -0.25) is 9.78 Å². The summed E-state index contributed by atoms with van der Waals surface area (Å²) in [5, 5.41) is 15.0. The monoisotopic (exact) mass is 526 g/mol. The molecule has 1 aliphatic carbocycles. The molecule has 0 radical (unpaired) electrons. The first-order chi connectivity index (χ1) is 17.4. The van der Waals surface area contributed by atoms with E-state index in [-0.39, 0.29) is 36.2 Å². The first kappa shape index (κ1) is 26.6. The highest BCUT2D eigenvalue weighted by molar-refractivity contribution is 5.85. The molecule has 2 N–H and O–H groups in total. The van der Waals surface area contributed by atoms with Crippen LogP contribution in [-0.4, -0.2) is 90.2 Å². The van der Waals surface area contributed by atoms with Crippen molar-refractivity contribution in [2.75, 3.05) is 38.3 Å². The molecule has 11 heteroatoms. The number of likely N-dealkylation sites (tertiary alicyclic amines) is 1. The van der Waals surface area contributed by atoms with E-state index in [0.29, 0.717) is 51.3 Å². The molecule has 5 rings (SSSR count). The summed E-state index contributed by atoms with van der Waals surface area (Å²) in [6.45, 7) is 5.54. The third-order valence-corrected chi connectivity index (χ3v) is 9.02. The lowest BCUT2D eigenvalue weighted by atomic mass is 9.70. The zero-order valence-corrected chi connectivity index (χ0v) is 21.6. The molecule has 6 atom stereocenters. The van der Waals surface area contributed by atoms with Gasteiger partial charge < -0.3 is 29.7 Å². The maximum Gasteiger partial charge on any atom is 0.433 e. The molecule has 4 heterocycles. The Hall–Kier alpha value is -1.95. The lowest BCUT2D eigenvalue weighted by molar-refractivity contribution is -0.159. The molecule has 37 heavy (non-hydrogen) atoms. The lowest BCUT2D eigenvalue weighted by Gasteiger charge is -2.45. The number of piperazine rings is 1. The van der Waals surface area contributed by atoms with Crippen LogP contribution in [-0.2, 0) is 20.4 Å². The summed E-state index contributed by atoms with van der Waals surface area (Å²) in [7, 11) is 1.68. The first-order valence-corrected chi connectivity index (χ1v) is 13.1. The molecule has 0 spiro atoms. The number of nitrogens with one attached hydrogen (secondary N) is 1. The number of aliphatic hydroxyl groups is 1. The van der Waals surface area contributed by atoms with Crippen molar-refractivity contribution >= 4 is 11.6 Å². The molecule has 3 aliphatic heterocycles. The van der Waals surface area contributed by atoms with E-state index in [1.807, 2.05) is 9.80 Å². The number of carbonyl (C=O) groups excluding carboxylic acids is 1. The molecule has 0 aromatic carbocycles. The Morgan fingerprint density at radius 3 is 2.70 bits per heavy atom. The van der Waals surface area contributed by atoms with E-state index in [1.165, 1.54) is 6.20 Å². The molecule has 1 amide bonds. The summed E-state index contributed by atoms with van der Waals surface area (Å²) in [6, 6.07) is 2.73. The third-order valence-electron chi connectivity index (χ3n) is 9.02. The van der Waals surface area contributed by atoms with Crippen LogP contribution < -0.4 is 10.2 Å². The first-order valence-electron chi connectivity index (χ1n) is 13.1. The number of rotatable bonds is 6. The number of alkyl halides is 3. The fraction of sp³-hybridized carbons (Fsp3) is 0.769. The van der Waals surface area contributed by atoms with Crippen LogP contribution in [0.5, 0.6) is 0 Å². The minimum atomic E-state index is -4.50. The zero-order valence-electron chi connectivity index (χ0n) is 21.6. The minimum absolute atomic E-state index is 0.0440. The lowest BCUT2D eigenvalue weighted by Crippen LogP contribution is -2.59. The second-order valence-electron chi connectivity index (χ2n) is 11.5. The SMILES string of the molecule is COC1COCCC1NC1CCC(C(=O)N2CC3CC2CN3c2ccnc(C(F)(F)F)c2)(C(C)(C)O)C1. The van der Waals surface area contributed by atoms with Gasteiger partial charge in [-0.2, -0.15) is 13.2 Å². The Morgan fingerprint density at radius 2 is 2.05 bits per heavy atom.